The highest BCUT2D eigenvalue weighted by Crippen LogP contribution is 2.49. The van der Waals surface area contributed by atoms with Gasteiger partial charge in [0.2, 0.25) is 6.79 Å². The largest absolute Gasteiger partial charge is 0.454 e. The number of aliphatic hydroxyl groups is 1. The minimum atomic E-state index is -1.02. The van der Waals surface area contributed by atoms with Crippen molar-refractivity contribution >= 4 is 11.8 Å². The van der Waals surface area contributed by atoms with Gasteiger partial charge in [-0.2, -0.15) is 0 Å². The molecule has 0 saturated carbocycles. The molecule has 0 radical (unpaired) electrons. The Balaban J connectivity index is 1.91. The molecular weight excluding hydrogens is 298 g/mol. The summed E-state index contributed by atoms with van der Waals surface area (Å²) in [5.74, 6) is -0.419. The SMILES string of the molecule is OC1c2ccc(F)c(F)c2CSc2c1ccc1c2OCO1. The van der Waals surface area contributed by atoms with Crippen LogP contribution >= 0.6 is 11.8 Å². The van der Waals surface area contributed by atoms with Crippen LogP contribution in [0.4, 0.5) is 8.78 Å². The van der Waals surface area contributed by atoms with Crippen LogP contribution in [0.1, 0.15) is 22.8 Å². The first kappa shape index (κ1) is 12.9. The molecule has 108 valence electrons. The van der Waals surface area contributed by atoms with Gasteiger partial charge in [-0.1, -0.05) is 12.1 Å². The fourth-order valence-electron chi connectivity index (χ4n) is 2.65. The average Bonchev–Trinajstić information content (AvgIpc) is 2.91. The maximum Gasteiger partial charge on any atom is 0.231 e. The first-order valence-corrected chi connectivity index (χ1v) is 7.35. The first-order valence-electron chi connectivity index (χ1n) is 6.37. The lowest BCUT2D eigenvalue weighted by Gasteiger charge is -2.15. The van der Waals surface area contributed by atoms with Crippen LogP contribution in [0, 0.1) is 11.6 Å². The third kappa shape index (κ3) is 1.82. The summed E-state index contributed by atoms with van der Waals surface area (Å²) in [4.78, 5) is 0.716. The van der Waals surface area contributed by atoms with Crippen molar-refractivity contribution in [2.45, 2.75) is 16.8 Å². The standard InChI is InChI=1S/C15H10F2O3S/c16-10-3-1-7-9(12(10)17)5-21-15-8(13(7)18)2-4-11-14(15)20-6-19-11/h1-4,13,18H,5-6H2. The third-order valence-corrected chi connectivity index (χ3v) is 4.85. The van der Waals surface area contributed by atoms with E-state index in [0.717, 1.165) is 6.07 Å². The summed E-state index contributed by atoms with van der Waals surface area (Å²) >= 11 is 1.31. The molecule has 0 spiro atoms. The number of fused-ring (bicyclic) bond motifs is 4. The molecule has 6 heteroatoms. The van der Waals surface area contributed by atoms with E-state index in [1.54, 1.807) is 12.1 Å². The van der Waals surface area contributed by atoms with Crippen molar-refractivity contribution in [3.63, 3.8) is 0 Å². The van der Waals surface area contributed by atoms with Gasteiger partial charge in [0.15, 0.2) is 23.1 Å². The molecule has 0 aromatic heterocycles. The summed E-state index contributed by atoms with van der Waals surface area (Å²) in [6.45, 7) is 0.123. The number of hydrogen-bond acceptors (Lipinski definition) is 4. The molecule has 0 aliphatic carbocycles. The van der Waals surface area contributed by atoms with Crippen molar-refractivity contribution < 1.29 is 23.4 Å². The summed E-state index contributed by atoms with van der Waals surface area (Å²) in [6.07, 6.45) is -1.02. The molecular formula is C15H10F2O3S. The molecule has 0 amide bonds. The Bertz CT molecular complexity index is 748. The summed E-state index contributed by atoms with van der Waals surface area (Å²) < 4.78 is 38.1. The summed E-state index contributed by atoms with van der Waals surface area (Å²) in [5, 5.41) is 10.5. The molecule has 0 fully saturated rings. The Morgan fingerprint density at radius 1 is 1.10 bits per heavy atom. The second-order valence-corrected chi connectivity index (χ2v) is 5.82. The Kier molecular flexibility index (Phi) is 2.83. The van der Waals surface area contributed by atoms with E-state index >= 15 is 0 Å². The Labute approximate surface area is 123 Å². The third-order valence-electron chi connectivity index (χ3n) is 3.71. The zero-order valence-electron chi connectivity index (χ0n) is 10.7. The average molecular weight is 308 g/mol. The van der Waals surface area contributed by atoms with Crippen molar-refractivity contribution in [1.82, 2.24) is 0 Å². The highest BCUT2D eigenvalue weighted by molar-refractivity contribution is 7.98. The van der Waals surface area contributed by atoms with E-state index in [-0.39, 0.29) is 18.1 Å². The lowest BCUT2D eigenvalue weighted by molar-refractivity contribution is 0.171. The number of benzene rings is 2. The second-order valence-electron chi connectivity index (χ2n) is 4.84. The van der Waals surface area contributed by atoms with Crippen LogP contribution in [0.15, 0.2) is 29.2 Å². The molecule has 21 heavy (non-hydrogen) atoms. The molecule has 4 rings (SSSR count). The zero-order valence-corrected chi connectivity index (χ0v) is 11.5. The molecule has 2 aromatic rings. The number of ether oxygens (including phenoxy) is 2. The van der Waals surface area contributed by atoms with Gasteiger partial charge in [0.25, 0.3) is 0 Å². The molecule has 0 bridgehead atoms. The van der Waals surface area contributed by atoms with E-state index in [2.05, 4.69) is 0 Å². The van der Waals surface area contributed by atoms with Crippen molar-refractivity contribution in [2.24, 2.45) is 0 Å². The van der Waals surface area contributed by atoms with E-state index in [1.165, 1.54) is 17.8 Å². The van der Waals surface area contributed by atoms with Gasteiger partial charge in [-0.05, 0) is 17.7 Å². The minimum absolute atomic E-state index is 0.123. The van der Waals surface area contributed by atoms with Crippen LogP contribution in [0.3, 0.4) is 0 Å². The van der Waals surface area contributed by atoms with Gasteiger partial charge < -0.3 is 14.6 Å². The number of thioether (sulfide) groups is 1. The normalized spacial score (nSPS) is 18.9. The molecule has 3 nitrogen and oxygen atoms in total. The first-order chi connectivity index (χ1) is 10.2. The summed E-state index contributed by atoms with van der Waals surface area (Å²) in [7, 11) is 0. The lowest BCUT2D eigenvalue weighted by Crippen LogP contribution is -2.05. The Hall–Kier alpha value is -1.79. The zero-order chi connectivity index (χ0) is 14.6. The van der Waals surface area contributed by atoms with Crippen LogP contribution in [-0.2, 0) is 5.75 Å². The fourth-order valence-corrected chi connectivity index (χ4v) is 3.87. The van der Waals surface area contributed by atoms with E-state index in [1.807, 2.05) is 0 Å². The van der Waals surface area contributed by atoms with Crippen molar-refractivity contribution in [3.8, 4) is 11.5 Å². The molecule has 2 aliphatic rings. The Morgan fingerprint density at radius 2 is 1.90 bits per heavy atom. The number of rotatable bonds is 0. The molecule has 2 aliphatic heterocycles. The predicted octanol–water partition coefficient (Wildman–Crippen LogP) is 3.38. The molecule has 0 saturated heterocycles. The van der Waals surface area contributed by atoms with E-state index < -0.39 is 17.7 Å². The van der Waals surface area contributed by atoms with Crippen LogP contribution in [-0.4, -0.2) is 11.9 Å². The van der Waals surface area contributed by atoms with Gasteiger partial charge in [-0.3, -0.25) is 0 Å². The van der Waals surface area contributed by atoms with Gasteiger partial charge in [0, 0.05) is 16.9 Å². The van der Waals surface area contributed by atoms with E-state index in [4.69, 9.17) is 9.47 Å². The molecule has 1 N–H and O–H groups in total. The maximum absolute atomic E-state index is 14.0. The summed E-state index contributed by atoms with van der Waals surface area (Å²) in [6, 6.07) is 5.92. The number of halogens is 2. The van der Waals surface area contributed by atoms with Crippen LogP contribution < -0.4 is 9.47 Å². The van der Waals surface area contributed by atoms with Gasteiger partial charge in [-0.25, -0.2) is 8.78 Å². The minimum Gasteiger partial charge on any atom is -0.454 e. The predicted molar refractivity (Wildman–Crippen MR) is 72.5 cm³/mol. The van der Waals surface area contributed by atoms with Gasteiger partial charge in [0.1, 0.15) is 6.10 Å². The topological polar surface area (TPSA) is 38.7 Å². The van der Waals surface area contributed by atoms with Gasteiger partial charge >= 0.3 is 0 Å². The van der Waals surface area contributed by atoms with Crippen LogP contribution in [0.2, 0.25) is 0 Å². The van der Waals surface area contributed by atoms with Gasteiger partial charge in [-0.15, -0.1) is 11.8 Å². The second kappa shape index (κ2) is 4.61. The maximum atomic E-state index is 14.0. The van der Waals surface area contributed by atoms with Crippen LogP contribution in [0.5, 0.6) is 11.5 Å². The Morgan fingerprint density at radius 3 is 2.76 bits per heavy atom. The summed E-state index contributed by atoms with van der Waals surface area (Å²) in [5.41, 5.74) is 1.20. The highest BCUT2D eigenvalue weighted by atomic mass is 32.2. The lowest BCUT2D eigenvalue weighted by atomic mass is 9.97. The van der Waals surface area contributed by atoms with Crippen molar-refractivity contribution in [2.75, 3.05) is 6.79 Å². The van der Waals surface area contributed by atoms with Crippen molar-refractivity contribution in [1.29, 1.82) is 0 Å². The highest BCUT2D eigenvalue weighted by Gasteiger charge is 2.30. The fraction of sp³-hybridized carbons (Fsp3) is 0.200. The van der Waals surface area contributed by atoms with E-state index in [0.29, 0.717) is 27.5 Å². The van der Waals surface area contributed by atoms with E-state index in [9.17, 15) is 13.9 Å². The van der Waals surface area contributed by atoms with Gasteiger partial charge in [0.05, 0.1) is 4.90 Å². The smallest absolute Gasteiger partial charge is 0.231 e. The molecule has 2 aromatic carbocycles. The molecule has 2 heterocycles. The molecule has 1 atom stereocenters. The quantitative estimate of drug-likeness (QED) is 0.810. The van der Waals surface area contributed by atoms with Crippen molar-refractivity contribution in [3.05, 3.63) is 52.6 Å². The van der Waals surface area contributed by atoms with Crippen LogP contribution in [0.25, 0.3) is 0 Å². The molecule has 1 unspecified atom stereocenters. The number of aliphatic hydroxyl groups excluding tert-OH is 1. The monoisotopic (exact) mass is 308 g/mol. The number of hydrogen-bond donors (Lipinski definition) is 1.